The van der Waals surface area contributed by atoms with Crippen LogP contribution in [0, 0.1) is 0 Å². The number of aryl methyl sites for hydroxylation is 2. The Morgan fingerprint density at radius 1 is 0.913 bits per heavy atom. The Kier molecular flexibility index (Phi) is 8.28. The molecule has 8 heteroatoms. The average molecular weight is 619 g/mol. The molecule has 2 amide bonds. The number of benzene rings is 2. The minimum Gasteiger partial charge on any atom is -0.466 e. The molecule has 2 fully saturated rings. The summed E-state index contributed by atoms with van der Waals surface area (Å²) in [5.74, 6) is -0.317. The van der Waals surface area contributed by atoms with Crippen molar-refractivity contribution in [3.8, 4) is 11.4 Å². The highest BCUT2D eigenvalue weighted by atomic mass is 16.5. The molecule has 238 valence electrons. The van der Waals surface area contributed by atoms with Crippen LogP contribution in [0.4, 0.5) is 5.69 Å². The zero-order valence-corrected chi connectivity index (χ0v) is 26.5. The van der Waals surface area contributed by atoms with Crippen molar-refractivity contribution in [2.24, 2.45) is 0 Å². The van der Waals surface area contributed by atoms with Crippen LogP contribution < -0.4 is 10.6 Å². The third kappa shape index (κ3) is 5.65. The molecule has 1 aliphatic heterocycles. The SMILES string of the molecule is COC(=O)/C=C/c1ccc(NC(=O)C2(NC(=O)c3ccc4c(C5CCCCC5)c5n(c4c3)CCCn3cccc3-5)CCCC2)cc1. The Bertz CT molecular complexity index is 1800. The van der Waals surface area contributed by atoms with Crippen LogP contribution in [0.2, 0.25) is 0 Å². The fourth-order valence-electron chi connectivity index (χ4n) is 7.89. The molecule has 2 saturated carbocycles. The van der Waals surface area contributed by atoms with E-state index in [1.165, 1.54) is 67.6 Å². The summed E-state index contributed by atoms with van der Waals surface area (Å²) >= 11 is 0. The van der Waals surface area contributed by atoms with E-state index < -0.39 is 11.5 Å². The molecule has 4 aromatic rings. The van der Waals surface area contributed by atoms with Gasteiger partial charge in [-0.25, -0.2) is 4.79 Å². The molecule has 2 aliphatic carbocycles. The summed E-state index contributed by atoms with van der Waals surface area (Å²) in [5, 5.41) is 7.48. The predicted octanol–water partition coefficient (Wildman–Crippen LogP) is 7.43. The quantitative estimate of drug-likeness (QED) is 0.166. The number of methoxy groups -OCH3 is 1. The standard InChI is InChI=1S/C38H42N4O4/c1-46-33(43)19-14-26-12-16-29(17-13-26)39-37(45)38(20-5-6-21-38)40-36(44)28-15-18-30-32(25-28)42-24-8-23-41-22-7-11-31(41)35(42)34(30)27-9-3-2-4-10-27/h7,11-19,22,25,27H,2-6,8-10,20-21,23-24H2,1H3,(H,39,45)(H,40,44)/b19-14+. The lowest BCUT2D eigenvalue weighted by molar-refractivity contribution is -0.134. The van der Waals surface area contributed by atoms with Gasteiger partial charge in [0.15, 0.2) is 0 Å². The number of nitrogens with zero attached hydrogens (tertiary/aromatic N) is 2. The van der Waals surface area contributed by atoms with Crippen LogP contribution in [0.25, 0.3) is 28.4 Å². The van der Waals surface area contributed by atoms with Crippen LogP contribution in [-0.4, -0.2) is 39.6 Å². The zero-order chi connectivity index (χ0) is 31.7. The number of esters is 1. The molecule has 8 nitrogen and oxygen atoms in total. The molecular formula is C38H42N4O4. The second kappa shape index (κ2) is 12.7. The molecule has 0 saturated heterocycles. The van der Waals surface area contributed by atoms with Gasteiger partial charge >= 0.3 is 5.97 Å². The minimum atomic E-state index is -0.973. The molecule has 0 spiro atoms. The normalized spacial score (nSPS) is 17.8. The number of ether oxygens (including phenoxy) is 1. The Balaban J connectivity index is 1.16. The third-order valence-corrected chi connectivity index (χ3v) is 10.3. The van der Waals surface area contributed by atoms with E-state index in [-0.39, 0.29) is 11.8 Å². The Hall–Kier alpha value is -4.59. The first-order chi connectivity index (χ1) is 22.5. The van der Waals surface area contributed by atoms with Crippen molar-refractivity contribution in [1.82, 2.24) is 14.5 Å². The van der Waals surface area contributed by atoms with E-state index in [0.29, 0.717) is 30.0 Å². The van der Waals surface area contributed by atoms with Crippen molar-refractivity contribution in [3.05, 3.63) is 83.6 Å². The highest BCUT2D eigenvalue weighted by Gasteiger charge is 2.43. The number of carbonyl (C=O) groups is 3. The van der Waals surface area contributed by atoms with Gasteiger partial charge in [0, 0.05) is 47.5 Å². The van der Waals surface area contributed by atoms with Gasteiger partial charge in [-0.2, -0.15) is 0 Å². The number of nitrogens with one attached hydrogen (secondary N) is 2. The molecule has 3 aliphatic rings. The summed E-state index contributed by atoms with van der Waals surface area (Å²) in [4.78, 5) is 39.1. The van der Waals surface area contributed by atoms with Crippen molar-refractivity contribution in [2.45, 2.75) is 88.8 Å². The van der Waals surface area contributed by atoms with Gasteiger partial charge in [0.1, 0.15) is 5.54 Å². The van der Waals surface area contributed by atoms with Crippen molar-refractivity contribution in [1.29, 1.82) is 0 Å². The largest absolute Gasteiger partial charge is 0.466 e. The summed E-state index contributed by atoms with van der Waals surface area (Å²) in [6.07, 6.45) is 15.4. The monoisotopic (exact) mass is 618 g/mol. The van der Waals surface area contributed by atoms with Crippen molar-refractivity contribution >= 4 is 40.4 Å². The Labute approximate surface area is 269 Å². The molecule has 0 radical (unpaired) electrons. The Morgan fingerprint density at radius 2 is 1.70 bits per heavy atom. The summed E-state index contributed by atoms with van der Waals surface area (Å²) in [7, 11) is 1.34. The van der Waals surface area contributed by atoms with Gasteiger partial charge in [0.25, 0.3) is 5.91 Å². The molecule has 0 atom stereocenters. The topological polar surface area (TPSA) is 94.4 Å². The number of fused-ring (bicyclic) bond motifs is 5. The van der Waals surface area contributed by atoms with Crippen LogP contribution in [0.5, 0.6) is 0 Å². The molecular weight excluding hydrogens is 576 g/mol. The van der Waals surface area contributed by atoms with E-state index in [0.717, 1.165) is 43.4 Å². The molecule has 2 N–H and O–H groups in total. The molecule has 3 heterocycles. The predicted molar refractivity (Wildman–Crippen MR) is 181 cm³/mol. The first-order valence-corrected chi connectivity index (χ1v) is 16.8. The van der Waals surface area contributed by atoms with Gasteiger partial charge in [0.2, 0.25) is 5.91 Å². The molecule has 2 aromatic carbocycles. The average Bonchev–Trinajstić information content (AvgIpc) is 3.80. The lowest BCUT2D eigenvalue weighted by atomic mass is 9.82. The smallest absolute Gasteiger partial charge is 0.330 e. The van der Waals surface area contributed by atoms with E-state index in [2.05, 4.69) is 55.0 Å². The van der Waals surface area contributed by atoms with Crippen molar-refractivity contribution < 1.29 is 19.1 Å². The maximum Gasteiger partial charge on any atom is 0.330 e. The van der Waals surface area contributed by atoms with Crippen LogP contribution >= 0.6 is 0 Å². The number of anilines is 1. The maximum atomic E-state index is 14.0. The summed E-state index contributed by atoms with van der Waals surface area (Å²) in [5.41, 5.74) is 6.22. The zero-order valence-electron chi connectivity index (χ0n) is 26.5. The minimum absolute atomic E-state index is 0.200. The van der Waals surface area contributed by atoms with E-state index in [1.54, 1.807) is 18.2 Å². The second-order valence-electron chi connectivity index (χ2n) is 13.1. The highest BCUT2D eigenvalue weighted by molar-refractivity contribution is 6.06. The number of carbonyl (C=O) groups excluding carboxylic acids is 3. The Morgan fingerprint density at radius 3 is 2.46 bits per heavy atom. The molecule has 7 rings (SSSR count). The van der Waals surface area contributed by atoms with E-state index in [4.69, 9.17) is 0 Å². The lowest BCUT2D eigenvalue weighted by Crippen LogP contribution is -2.55. The third-order valence-electron chi connectivity index (χ3n) is 10.3. The molecule has 46 heavy (non-hydrogen) atoms. The summed E-state index contributed by atoms with van der Waals surface area (Å²) < 4.78 is 9.48. The maximum absolute atomic E-state index is 14.0. The first kappa shape index (κ1) is 30.1. The van der Waals surface area contributed by atoms with Gasteiger partial charge in [-0.3, -0.25) is 9.59 Å². The van der Waals surface area contributed by atoms with Crippen LogP contribution in [0.1, 0.15) is 91.6 Å². The van der Waals surface area contributed by atoms with E-state index in [1.807, 2.05) is 18.2 Å². The number of hydrogen-bond donors (Lipinski definition) is 2. The van der Waals surface area contributed by atoms with Gasteiger partial charge < -0.3 is 24.5 Å². The van der Waals surface area contributed by atoms with Crippen molar-refractivity contribution in [2.75, 3.05) is 12.4 Å². The summed E-state index contributed by atoms with van der Waals surface area (Å²) in [6.45, 7) is 1.90. The number of hydrogen-bond acceptors (Lipinski definition) is 4. The molecule has 2 aromatic heterocycles. The highest BCUT2D eigenvalue weighted by Crippen LogP contribution is 2.45. The molecule has 0 bridgehead atoms. The molecule has 0 unspecified atom stereocenters. The lowest BCUT2D eigenvalue weighted by Gasteiger charge is -2.29. The van der Waals surface area contributed by atoms with Crippen molar-refractivity contribution in [3.63, 3.8) is 0 Å². The van der Waals surface area contributed by atoms with E-state index in [9.17, 15) is 14.4 Å². The fourth-order valence-corrected chi connectivity index (χ4v) is 7.89. The van der Waals surface area contributed by atoms with E-state index >= 15 is 0 Å². The summed E-state index contributed by atoms with van der Waals surface area (Å²) in [6, 6.07) is 17.8. The van der Waals surface area contributed by atoms with Gasteiger partial charge in [-0.1, -0.05) is 50.3 Å². The van der Waals surface area contributed by atoms with Crippen LogP contribution in [-0.2, 0) is 27.4 Å². The number of aromatic nitrogens is 2. The van der Waals surface area contributed by atoms with Gasteiger partial charge in [-0.05, 0) is 91.6 Å². The number of amides is 2. The fraction of sp³-hybridized carbons (Fsp3) is 0.395. The second-order valence-corrected chi connectivity index (χ2v) is 13.1. The number of rotatable bonds is 7. The van der Waals surface area contributed by atoms with Crippen LogP contribution in [0.15, 0.2) is 66.9 Å². The van der Waals surface area contributed by atoms with Gasteiger partial charge in [0.05, 0.1) is 18.5 Å². The first-order valence-electron chi connectivity index (χ1n) is 16.8. The van der Waals surface area contributed by atoms with Gasteiger partial charge in [-0.15, -0.1) is 0 Å². The van der Waals surface area contributed by atoms with Crippen LogP contribution in [0.3, 0.4) is 0 Å².